The number of nitrogens with zero attached hydrogens (tertiary/aromatic N) is 3. The van der Waals surface area contributed by atoms with Gasteiger partial charge < -0.3 is 10.2 Å². The zero-order valence-corrected chi connectivity index (χ0v) is 16.7. The van der Waals surface area contributed by atoms with Crippen LogP contribution in [0.4, 0.5) is 5.69 Å². The van der Waals surface area contributed by atoms with Gasteiger partial charge in [0, 0.05) is 37.0 Å². The van der Waals surface area contributed by atoms with Crippen molar-refractivity contribution in [2.45, 2.75) is 19.4 Å². The summed E-state index contributed by atoms with van der Waals surface area (Å²) in [5.41, 5.74) is 3.38. The fraction of sp³-hybridized carbons (Fsp3) is 0.190. The molecule has 4 rings (SSSR count). The van der Waals surface area contributed by atoms with Gasteiger partial charge in [-0.3, -0.25) is 9.59 Å². The Morgan fingerprint density at radius 1 is 1.07 bits per heavy atom. The average Bonchev–Trinajstić information content (AvgIpc) is 3.35. The maximum absolute atomic E-state index is 12.4. The van der Waals surface area contributed by atoms with E-state index in [1.54, 1.807) is 23.0 Å². The normalized spacial score (nSPS) is 13.8. The number of carbonyl (C=O) groups excluding carboxylic acids is 2. The molecule has 3 aromatic rings. The number of amides is 2. The fourth-order valence-electron chi connectivity index (χ4n) is 3.21. The van der Waals surface area contributed by atoms with Crippen LogP contribution < -0.4 is 10.2 Å². The summed E-state index contributed by atoms with van der Waals surface area (Å²) in [5.74, 6) is 0.0407. The molecule has 6 nitrogen and oxygen atoms in total. The van der Waals surface area contributed by atoms with Crippen LogP contribution in [0, 0.1) is 0 Å². The van der Waals surface area contributed by atoms with Gasteiger partial charge in [-0.1, -0.05) is 12.1 Å². The lowest BCUT2D eigenvalue weighted by atomic mass is 10.1. The first-order chi connectivity index (χ1) is 13.6. The van der Waals surface area contributed by atoms with Crippen LogP contribution in [-0.2, 0) is 11.3 Å². The van der Waals surface area contributed by atoms with E-state index in [4.69, 9.17) is 0 Å². The van der Waals surface area contributed by atoms with Gasteiger partial charge >= 0.3 is 0 Å². The molecule has 2 aromatic carbocycles. The van der Waals surface area contributed by atoms with Crippen molar-refractivity contribution in [2.24, 2.45) is 0 Å². The van der Waals surface area contributed by atoms with E-state index < -0.39 is 0 Å². The van der Waals surface area contributed by atoms with E-state index >= 15 is 0 Å². The summed E-state index contributed by atoms with van der Waals surface area (Å²) in [7, 11) is 0. The van der Waals surface area contributed by atoms with Crippen LogP contribution in [0.1, 0.15) is 28.8 Å². The lowest BCUT2D eigenvalue weighted by molar-refractivity contribution is -0.117. The third kappa shape index (κ3) is 3.99. The van der Waals surface area contributed by atoms with E-state index in [2.05, 4.69) is 26.3 Å². The first kappa shape index (κ1) is 18.4. The third-order valence-electron chi connectivity index (χ3n) is 4.72. The Labute approximate surface area is 171 Å². The molecule has 0 atom stereocenters. The SMILES string of the molecule is O=C(NCc1ccc(N2CCCC2=O)cc1)c1ccc(-n2cc(Br)cn2)cc1. The molecule has 0 aliphatic carbocycles. The molecule has 7 heteroatoms. The summed E-state index contributed by atoms with van der Waals surface area (Å²) in [6.45, 7) is 1.21. The van der Waals surface area contributed by atoms with Crippen molar-refractivity contribution in [2.75, 3.05) is 11.4 Å². The highest BCUT2D eigenvalue weighted by Crippen LogP contribution is 2.21. The van der Waals surface area contributed by atoms with Crippen LogP contribution >= 0.6 is 15.9 Å². The van der Waals surface area contributed by atoms with Crippen molar-refractivity contribution in [3.63, 3.8) is 0 Å². The molecular weight excluding hydrogens is 420 g/mol. The van der Waals surface area contributed by atoms with Crippen LogP contribution in [0.5, 0.6) is 0 Å². The van der Waals surface area contributed by atoms with Crippen molar-refractivity contribution in [1.29, 1.82) is 0 Å². The molecule has 1 N–H and O–H groups in total. The molecule has 0 radical (unpaired) electrons. The Morgan fingerprint density at radius 3 is 2.39 bits per heavy atom. The van der Waals surface area contributed by atoms with Crippen molar-refractivity contribution >= 4 is 33.4 Å². The summed E-state index contributed by atoms with van der Waals surface area (Å²) in [4.78, 5) is 26.0. The van der Waals surface area contributed by atoms with Gasteiger partial charge in [0.1, 0.15) is 0 Å². The summed E-state index contributed by atoms with van der Waals surface area (Å²) < 4.78 is 2.63. The van der Waals surface area contributed by atoms with Gasteiger partial charge in [0.25, 0.3) is 5.91 Å². The second kappa shape index (κ2) is 7.98. The monoisotopic (exact) mass is 438 g/mol. The largest absolute Gasteiger partial charge is 0.348 e. The van der Waals surface area contributed by atoms with Gasteiger partial charge in [0.15, 0.2) is 0 Å². The number of hydrogen-bond donors (Lipinski definition) is 1. The van der Waals surface area contributed by atoms with Crippen LogP contribution in [0.2, 0.25) is 0 Å². The van der Waals surface area contributed by atoms with E-state index in [-0.39, 0.29) is 11.8 Å². The molecule has 28 heavy (non-hydrogen) atoms. The van der Waals surface area contributed by atoms with Gasteiger partial charge in [-0.05, 0) is 64.3 Å². The lowest BCUT2D eigenvalue weighted by Crippen LogP contribution is -2.24. The highest BCUT2D eigenvalue weighted by Gasteiger charge is 2.21. The summed E-state index contributed by atoms with van der Waals surface area (Å²) in [6, 6.07) is 15.0. The molecule has 142 valence electrons. The van der Waals surface area contributed by atoms with Crippen LogP contribution in [-0.4, -0.2) is 28.1 Å². The Bertz CT molecular complexity index is 996. The standard InChI is InChI=1S/C21H19BrN4O2/c22-17-13-24-26(14-17)19-9-5-16(6-10-19)21(28)23-12-15-3-7-18(8-4-15)25-11-1-2-20(25)27/h3-10,13-14H,1-2,11-12H2,(H,23,28). The second-order valence-corrected chi connectivity index (χ2v) is 7.56. The highest BCUT2D eigenvalue weighted by atomic mass is 79.9. The quantitative estimate of drug-likeness (QED) is 0.660. The van der Waals surface area contributed by atoms with E-state index in [9.17, 15) is 9.59 Å². The maximum Gasteiger partial charge on any atom is 0.251 e. The lowest BCUT2D eigenvalue weighted by Gasteiger charge is -2.16. The Hall–Kier alpha value is -2.93. The zero-order valence-electron chi connectivity index (χ0n) is 15.1. The summed E-state index contributed by atoms with van der Waals surface area (Å²) in [5, 5.41) is 7.15. The number of rotatable bonds is 5. The Kier molecular flexibility index (Phi) is 5.25. The number of anilines is 1. The Morgan fingerprint density at radius 2 is 1.79 bits per heavy atom. The number of carbonyl (C=O) groups is 2. The molecule has 0 bridgehead atoms. The predicted octanol–water partition coefficient (Wildman–Crippen LogP) is 3.69. The first-order valence-electron chi connectivity index (χ1n) is 9.08. The molecule has 0 spiro atoms. The first-order valence-corrected chi connectivity index (χ1v) is 9.87. The molecule has 1 aromatic heterocycles. The third-order valence-corrected chi connectivity index (χ3v) is 5.13. The van der Waals surface area contributed by atoms with Gasteiger partial charge in [-0.25, -0.2) is 4.68 Å². The van der Waals surface area contributed by atoms with Gasteiger partial charge in [0.2, 0.25) is 5.91 Å². The van der Waals surface area contributed by atoms with Gasteiger partial charge in [-0.15, -0.1) is 0 Å². The maximum atomic E-state index is 12.4. The van der Waals surface area contributed by atoms with Crippen LogP contribution in [0.25, 0.3) is 5.69 Å². The summed E-state index contributed by atoms with van der Waals surface area (Å²) >= 11 is 3.37. The van der Waals surface area contributed by atoms with Crippen LogP contribution in [0.15, 0.2) is 65.4 Å². The minimum Gasteiger partial charge on any atom is -0.348 e. The fourth-order valence-corrected chi connectivity index (χ4v) is 3.49. The summed E-state index contributed by atoms with van der Waals surface area (Å²) in [6.07, 6.45) is 5.10. The van der Waals surface area contributed by atoms with E-state index in [0.717, 1.165) is 34.4 Å². The number of benzene rings is 2. The van der Waals surface area contributed by atoms with E-state index in [0.29, 0.717) is 18.5 Å². The molecule has 2 amide bonds. The average molecular weight is 439 g/mol. The number of nitrogens with one attached hydrogen (secondary N) is 1. The second-order valence-electron chi connectivity index (χ2n) is 6.65. The van der Waals surface area contributed by atoms with E-state index in [1.165, 1.54) is 0 Å². The molecule has 1 aliphatic heterocycles. The predicted molar refractivity (Wildman–Crippen MR) is 110 cm³/mol. The zero-order chi connectivity index (χ0) is 19.5. The Balaban J connectivity index is 1.35. The van der Waals surface area contributed by atoms with Crippen molar-refractivity contribution in [3.8, 4) is 5.69 Å². The van der Waals surface area contributed by atoms with E-state index in [1.807, 2.05) is 47.5 Å². The number of hydrogen-bond acceptors (Lipinski definition) is 3. The van der Waals surface area contributed by atoms with Crippen molar-refractivity contribution in [3.05, 3.63) is 76.5 Å². The smallest absolute Gasteiger partial charge is 0.251 e. The van der Waals surface area contributed by atoms with Gasteiger partial charge in [-0.2, -0.15) is 5.10 Å². The van der Waals surface area contributed by atoms with Crippen molar-refractivity contribution in [1.82, 2.24) is 15.1 Å². The van der Waals surface area contributed by atoms with Gasteiger partial charge in [0.05, 0.1) is 16.4 Å². The molecule has 0 unspecified atom stereocenters. The molecular formula is C21H19BrN4O2. The molecule has 1 aliphatic rings. The molecule has 2 heterocycles. The number of halogens is 1. The minimum absolute atomic E-state index is 0.132. The van der Waals surface area contributed by atoms with Crippen LogP contribution in [0.3, 0.4) is 0 Å². The topological polar surface area (TPSA) is 67.2 Å². The molecule has 1 saturated heterocycles. The molecule has 1 fully saturated rings. The highest BCUT2D eigenvalue weighted by molar-refractivity contribution is 9.10. The minimum atomic E-state index is -0.132. The number of aromatic nitrogens is 2. The van der Waals surface area contributed by atoms with Crippen molar-refractivity contribution < 1.29 is 9.59 Å². The molecule has 0 saturated carbocycles.